The van der Waals surface area contributed by atoms with E-state index in [1.807, 2.05) is 12.1 Å². The number of anilines is 2. The Morgan fingerprint density at radius 3 is 2.36 bits per heavy atom. The van der Waals surface area contributed by atoms with Gasteiger partial charge in [0.15, 0.2) is 11.5 Å². The molecule has 2 heterocycles. The summed E-state index contributed by atoms with van der Waals surface area (Å²) in [6.07, 6.45) is 2.59. The fraction of sp³-hybridized carbons (Fsp3) is 0.310. The summed E-state index contributed by atoms with van der Waals surface area (Å²) in [6.45, 7) is 8.40. The highest BCUT2D eigenvalue weighted by molar-refractivity contribution is 8.00. The van der Waals surface area contributed by atoms with Crippen LogP contribution in [0.1, 0.15) is 37.5 Å². The maximum Gasteiger partial charge on any atom is 0.162 e. The summed E-state index contributed by atoms with van der Waals surface area (Å²) in [5, 5.41) is 0.960. The van der Waals surface area contributed by atoms with E-state index in [0.29, 0.717) is 11.5 Å². The number of aromatic nitrogens is 2. The number of nitrogens with zero attached hydrogens (tertiary/aromatic N) is 3. The van der Waals surface area contributed by atoms with Crippen LogP contribution in [0.4, 0.5) is 11.5 Å². The van der Waals surface area contributed by atoms with Gasteiger partial charge in [0.05, 0.1) is 19.7 Å². The van der Waals surface area contributed by atoms with Crippen LogP contribution in [-0.4, -0.2) is 30.7 Å². The molecular weight excluding hydrogens is 468 g/mol. The largest absolute Gasteiger partial charge is 0.493 e. The highest BCUT2D eigenvalue weighted by atomic mass is 32.2. The Balaban J connectivity index is 1.35. The van der Waals surface area contributed by atoms with Gasteiger partial charge in [0.25, 0.3) is 0 Å². The molecule has 186 valence electrons. The first-order valence-electron chi connectivity index (χ1n) is 12.1. The van der Waals surface area contributed by atoms with Crippen molar-refractivity contribution >= 4 is 34.4 Å². The molecule has 5 rings (SSSR count). The van der Waals surface area contributed by atoms with Gasteiger partial charge in [0, 0.05) is 35.1 Å². The third-order valence-corrected chi connectivity index (χ3v) is 7.49. The molecule has 7 heteroatoms. The van der Waals surface area contributed by atoms with Gasteiger partial charge in [-0.15, -0.1) is 0 Å². The van der Waals surface area contributed by atoms with Crippen molar-refractivity contribution in [2.45, 2.75) is 44.0 Å². The van der Waals surface area contributed by atoms with E-state index in [1.165, 1.54) is 21.6 Å². The molecule has 0 atom stereocenters. The molecule has 0 fully saturated rings. The number of fused-ring (bicyclic) bond motifs is 2. The summed E-state index contributed by atoms with van der Waals surface area (Å²) in [4.78, 5) is 12.6. The summed E-state index contributed by atoms with van der Waals surface area (Å²) in [6, 6.07) is 19.3. The zero-order valence-electron chi connectivity index (χ0n) is 21.5. The molecule has 1 aliphatic rings. The van der Waals surface area contributed by atoms with Crippen molar-refractivity contribution in [3.8, 4) is 11.5 Å². The molecule has 0 saturated carbocycles. The monoisotopic (exact) mass is 500 g/mol. The maximum atomic E-state index is 5.54. The maximum absolute atomic E-state index is 5.54. The van der Waals surface area contributed by atoms with Gasteiger partial charge in [-0.2, -0.15) is 0 Å². The molecule has 0 bridgehead atoms. The second kappa shape index (κ2) is 9.90. The topological polar surface area (TPSA) is 59.5 Å². The molecule has 4 aromatic rings. The molecule has 1 aromatic heterocycles. The molecule has 0 spiro atoms. The number of methoxy groups -OCH3 is 2. The van der Waals surface area contributed by atoms with Gasteiger partial charge in [0.1, 0.15) is 12.1 Å². The number of rotatable bonds is 6. The zero-order chi connectivity index (χ0) is 25.3. The Hall–Kier alpha value is -3.45. The standard InChI is InChI=1S/C29H32N4O2S/c1-29(2,3)21-7-10-23(11-8-21)36-32-22-9-6-19-12-13-33(17-20(19)14-22)28-24-15-26(34-4)27(35-5)16-25(24)30-18-31-28/h6-11,14-16,18,32H,12-13,17H2,1-5H3. The smallest absolute Gasteiger partial charge is 0.162 e. The van der Waals surface area contributed by atoms with Crippen molar-refractivity contribution in [1.82, 2.24) is 9.97 Å². The second-order valence-electron chi connectivity index (χ2n) is 10.1. The molecule has 0 saturated heterocycles. The Bertz CT molecular complexity index is 1380. The molecule has 1 N–H and O–H groups in total. The van der Waals surface area contributed by atoms with Gasteiger partial charge < -0.3 is 19.1 Å². The van der Waals surface area contributed by atoms with Crippen molar-refractivity contribution in [3.05, 3.63) is 77.6 Å². The first-order chi connectivity index (χ1) is 17.4. The van der Waals surface area contributed by atoms with Gasteiger partial charge in [0.2, 0.25) is 0 Å². The lowest BCUT2D eigenvalue weighted by molar-refractivity contribution is 0.356. The molecule has 6 nitrogen and oxygen atoms in total. The predicted molar refractivity (Wildman–Crippen MR) is 148 cm³/mol. The highest BCUT2D eigenvalue weighted by Gasteiger charge is 2.21. The quantitative estimate of drug-likeness (QED) is 0.298. The van der Waals surface area contributed by atoms with E-state index >= 15 is 0 Å². The molecule has 0 aliphatic carbocycles. The highest BCUT2D eigenvalue weighted by Crippen LogP contribution is 2.36. The van der Waals surface area contributed by atoms with Crippen molar-refractivity contribution in [2.24, 2.45) is 0 Å². The van der Waals surface area contributed by atoms with Gasteiger partial charge in [-0.3, -0.25) is 0 Å². The summed E-state index contributed by atoms with van der Waals surface area (Å²) in [7, 11) is 3.29. The van der Waals surface area contributed by atoms with Crippen LogP contribution in [0.5, 0.6) is 11.5 Å². The van der Waals surface area contributed by atoms with Crippen LogP contribution in [0.2, 0.25) is 0 Å². The van der Waals surface area contributed by atoms with E-state index < -0.39 is 0 Å². The summed E-state index contributed by atoms with van der Waals surface area (Å²) in [5.74, 6) is 2.26. The Kier molecular flexibility index (Phi) is 6.67. The van der Waals surface area contributed by atoms with E-state index in [9.17, 15) is 0 Å². The van der Waals surface area contributed by atoms with Crippen LogP contribution in [0, 0.1) is 0 Å². The molecule has 0 amide bonds. The molecule has 0 unspecified atom stereocenters. The second-order valence-corrected chi connectivity index (χ2v) is 10.9. The van der Waals surface area contributed by atoms with Gasteiger partial charge >= 0.3 is 0 Å². The third kappa shape index (κ3) is 4.93. The van der Waals surface area contributed by atoms with Crippen molar-refractivity contribution in [3.63, 3.8) is 0 Å². The minimum Gasteiger partial charge on any atom is -0.493 e. The molecule has 36 heavy (non-hydrogen) atoms. The lowest BCUT2D eigenvalue weighted by Gasteiger charge is -2.31. The Morgan fingerprint density at radius 2 is 1.64 bits per heavy atom. The first kappa shape index (κ1) is 24.3. The molecule has 0 radical (unpaired) electrons. The van der Waals surface area contributed by atoms with E-state index in [2.05, 4.69) is 82.8 Å². The number of benzene rings is 3. The van der Waals surface area contributed by atoms with Crippen molar-refractivity contribution in [1.29, 1.82) is 0 Å². The van der Waals surface area contributed by atoms with E-state index in [0.717, 1.165) is 41.9 Å². The normalized spacial score (nSPS) is 13.4. The van der Waals surface area contributed by atoms with Gasteiger partial charge in [-0.05, 0) is 70.8 Å². The third-order valence-electron chi connectivity index (χ3n) is 6.64. The zero-order valence-corrected chi connectivity index (χ0v) is 22.3. The summed E-state index contributed by atoms with van der Waals surface area (Å²) in [5.41, 5.74) is 6.13. The molecule has 1 aliphatic heterocycles. The SMILES string of the molecule is COc1cc2ncnc(N3CCc4ccc(NSc5ccc(C(C)(C)C)cc5)cc4C3)c2cc1OC. The van der Waals surface area contributed by atoms with E-state index in [1.54, 1.807) is 32.5 Å². The van der Waals surface area contributed by atoms with Crippen LogP contribution in [0.15, 0.2) is 65.8 Å². The lowest BCUT2D eigenvalue weighted by atomic mass is 9.87. The van der Waals surface area contributed by atoms with E-state index in [-0.39, 0.29) is 5.41 Å². The van der Waals surface area contributed by atoms with Crippen molar-refractivity contribution < 1.29 is 9.47 Å². The van der Waals surface area contributed by atoms with E-state index in [4.69, 9.17) is 9.47 Å². The van der Waals surface area contributed by atoms with Gasteiger partial charge in [-0.1, -0.05) is 39.0 Å². The Labute approximate surface area is 217 Å². The van der Waals surface area contributed by atoms with Crippen LogP contribution in [0.25, 0.3) is 10.9 Å². The number of nitrogens with one attached hydrogen (secondary N) is 1. The predicted octanol–water partition coefficient (Wildman–Crippen LogP) is 6.63. The fourth-order valence-electron chi connectivity index (χ4n) is 4.56. The van der Waals surface area contributed by atoms with Crippen LogP contribution >= 0.6 is 11.9 Å². The molecule has 3 aromatic carbocycles. The summed E-state index contributed by atoms with van der Waals surface area (Å²) < 4.78 is 14.5. The van der Waals surface area contributed by atoms with Crippen LogP contribution in [-0.2, 0) is 18.4 Å². The number of ether oxygens (including phenoxy) is 2. The average molecular weight is 501 g/mol. The van der Waals surface area contributed by atoms with Gasteiger partial charge in [-0.25, -0.2) is 9.97 Å². The molecular formula is C29H32N4O2S. The lowest BCUT2D eigenvalue weighted by Crippen LogP contribution is -2.31. The average Bonchev–Trinajstić information content (AvgIpc) is 2.90. The minimum atomic E-state index is 0.160. The number of hydrogen-bond donors (Lipinski definition) is 1. The van der Waals surface area contributed by atoms with Crippen LogP contribution in [0.3, 0.4) is 0 Å². The van der Waals surface area contributed by atoms with Crippen LogP contribution < -0.4 is 19.1 Å². The summed E-state index contributed by atoms with van der Waals surface area (Å²) >= 11 is 1.64. The first-order valence-corrected chi connectivity index (χ1v) is 12.9. The fourth-order valence-corrected chi connectivity index (χ4v) is 5.20. The Morgan fingerprint density at radius 1 is 0.889 bits per heavy atom. The minimum absolute atomic E-state index is 0.160. The number of hydrogen-bond acceptors (Lipinski definition) is 7. The van der Waals surface area contributed by atoms with Crippen molar-refractivity contribution in [2.75, 3.05) is 30.4 Å².